The van der Waals surface area contributed by atoms with E-state index < -0.39 is 0 Å². The molecule has 0 bridgehead atoms. The van der Waals surface area contributed by atoms with Gasteiger partial charge >= 0.3 is 0 Å². The molecule has 0 N–H and O–H groups in total. The highest BCUT2D eigenvalue weighted by Crippen LogP contribution is 2.17. The van der Waals surface area contributed by atoms with E-state index in [4.69, 9.17) is 0 Å². The molecule has 0 aliphatic carbocycles. The average molecular weight is 304 g/mol. The van der Waals surface area contributed by atoms with Gasteiger partial charge in [-0.1, -0.05) is 6.92 Å². The third kappa shape index (κ3) is 4.00. The van der Waals surface area contributed by atoms with E-state index in [9.17, 15) is 14.9 Å². The number of likely N-dealkylation sites (tertiary alicyclic amines) is 1. The molecule has 1 unspecified atom stereocenters. The van der Waals surface area contributed by atoms with Crippen LogP contribution in [0.1, 0.15) is 26.7 Å². The maximum atomic E-state index is 12.5. The van der Waals surface area contributed by atoms with Crippen LogP contribution in [0.5, 0.6) is 0 Å². The molecule has 6 heteroatoms. The van der Waals surface area contributed by atoms with Gasteiger partial charge in [-0.05, 0) is 18.8 Å². The maximum Gasteiger partial charge on any atom is 0.266 e. The van der Waals surface area contributed by atoms with Gasteiger partial charge in [0.25, 0.3) is 5.91 Å². The number of hydrogen-bond donors (Lipinski definition) is 0. The maximum absolute atomic E-state index is 12.5. The van der Waals surface area contributed by atoms with E-state index in [1.54, 1.807) is 16.0 Å². The molecule has 6 nitrogen and oxygen atoms in total. The number of carbonyl (C=O) groups excluding carboxylic acids is 2. The molecule has 2 aliphatic rings. The predicted octanol–water partition coefficient (Wildman–Crippen LogP) is 0.816. The van der Waals surface area contributed by atoms with Gasteiger partial charge in [-0.15, -0.1) is 0 Å². The molecule has 2 rings (SSSR count). The lowest BCUT2D eigenvalue weighted by molar-refractivity contribution is -0.136. The monoisotopic (exact) mass is 304 g/mol. The second-order valence-corrected chi connectivity index (χ2v) is 6.20. The van der Waals surface area contributed by atoms with Gasteiger partial charge in [0.1, 0.15) is 11.6 Å². The van der Waals surface area contributed by atoms with Crippen molar-refractivity contribution in [3.8, 4) is 6.07 Å². The highest BCUT2D eigenvalue weighted by molar-refractivity contribution is 5.97. The second-order valence-electron chi connectivity index (χ2n) is 6.20. The third-order valence-electron chi connectivity index (χ3n) is 4.36. The molecule has 0 spiro atoms. The van der Waals surface area contributed by atoms with Crippen molar-refractivity contribution in [3.05, 3.63) is 11.8 Å². The van der Waals surface area contributed by atoms with E-state index in [0.29, 0.717) is 32.1 Å². The van der Waals surface area contributed by atoms with Crippen molar-refractivity contribution in [1.82, 2.24) is 14.7 Å². The van der Waals surface area contributed by atoms with E-state index in [-0.39, 0.29) is 17.4 Å². The van der Waals surface area contributed by atoms with Crippen LogP contribution in [0.2, 0.25) is 0 Å². The molecule has 0 saturated carbocycles. The SMILES string of the molecule is CC(=O)N1CCN(C(=O)/C(C#N)=C\N2CCCC(C)C2)CC1. The Labute approximate surface area is 132 Å². The number of amides is 2. The fraction of sp³-hybridized carbons (Fsp3) is 0.688. The van der Waals surface area contributed by atoms with Crippen molar-refractivity contribution in [2.45, 2.75) is 26.7 Å². The van der Waals surface area contributed by atoms with Crippen molar-refractivity contribution in [1.29, 1.82) is 5.26 Å². The first-order chi connectivity index (χ1) is 10.5. The van der Waals surface area contributed by atoms with Crippen LogP contribution in [0, 0.1) is 17.2 Å². The lowest BCUT2D eigenvalue weighted by Gasteiger charge is -2.34. The summed E-state index contributed by atoms with van der Waals surface area (Å²) in [5.74, 6) is 0.411. The van der Waals surface area contributed by atoms with E-state index >= 15 is 0 Å². The molecular formula is C16H24N4O2. The van der Waals surface area contributed by atoms with E-state index in [1.165, 1.54) is 13.3 Å². The van der Waals surface area contributed by atoms with Crippen LogP contribution in [0.4, 0.5) is 0 Å². The van der Waals surface area contributed by atoms with Crippen LogP contribution < -0.4 is 0 Å². The number of rotatable bonds is 2. The average Bonchev–Trinajstić information content (AvgIpc) is 2.52. The van der Waals surface area contributed by atoms with Crippen molar-refractivity contribution in [2.24, 2.45) is 5.92 Å². The van der Waals surface area contributed by atoms with Crippen LogP contribution in [0.3, 0.4) is 0 Å². The minimum atomic E-state index is -0.219. The Hall–Kier alpha value is -2.03. The van der Waals surface area contributed by atoms with Gasteiger partial charge in [-0.25, -0.2) is 0 Å². The first kappa shape index (κ1) is 16.3. The molecule has 1 atom stereocenters. The van der Waals surface area contributed by atoms with Crippen LogP contribution in [-0.2, 0) is 9.59 Å². The topological polar surface area (TPSA) is 67.6 Å². The quantitative estimate of drug-likeness (QED) is 0.559. The van der Waals surface area contributed by atoms with Crippen molar-refractivity contribution in [2.75, 3.05) is 39.3 Å². The molecular weight excluding hydrogens is 280 g/mol. The first-order valence-electron chi connectivity index (χ1n) is 7.92. The first-order valence-corrected chi connectivity index (χ1v) is 7.92. The van der Waals surface area contributed by atoms with Gasteiger partial charge in [0, 0.05) is 52.4 Å². The van der Waals surface area contributed by atoms with E-state index in [2.05, 4.69) is 11.8 Å². The van der Waals surface area contributed by atoms with Crippen LogP contribution in [0.15, 0.2) is 11.8 Å². The van der Waals surface area contributed by atoms with Crippen LogP contribution in [-0.4, -0.2) is 65.8 Å². The number of hydrogen-bond acceptors (Lipinski definition) is 4. The molecule has 0 aromatic carbocycles. The largest absolute Gasteiger partial charge is 0.376 e. The third-order valence-corrected chi connectivity index (χ3v) is 4.36. The van der Waals surface area contributed by atoms with Gasteiger partial charge in [0.05, 0.1) is 0 Å². The minimum absolute atomic E-state index is 0.0328. The zero-order valence-corrected chi connectivity index (χ0v) is 13.4. The second kappa shape index (κ2) is 7.30. The van der Waals surface area contributed by atoms with E-state index in [0.717, 1.165) is 19.5 Å². The fourth-order valence-corrected chi connectivity index (χ4v) is 3.05. The molecule has 2 aliphatic heterocycles. The number of piperidine rings is 1. The normalized spacial score (nSPS) is 23.2. The summed E-state index contributed by atoms with van der Waals surface area (Å²) in [4.78, 5) is 29.3. The lowest BCUT2D eigenvalue weighted by Crippen LogP contribution is -2.50. The molecule has 2 amide bonds. The molecule has 2 saturated heterocycles. The summed E-state index contributed by atoms with van der Waals surface area (Å²) in [7, 11) is 0. The Morgan fingerprint density at radius 1 is 1.14 bits per heavy atom. The van der Waals surface area contributed by atoms with Crippen molar-refractivity contribution < 1.29 is 9.59 Å². The summed E-state index contributed by atoms with van der Waals surface area (Å²) in [5.41, 5.74) is 0.199. The Morgan fingerprint density at radius 2 is 1.77 bits per heavy atom. The molecule has 0 radical (unpaired) electrons. The summed E-state index contributed by atoms with van der Waals surface area (Å²) in [5, 5.41) is 9.31. The molecule has 2 fully saturated rings. The minimum Gasteiger partial charge on any atom is -0.376 e. The summed E-state index contributed by atoms with van der Waals surface area (Å²) in [6, 6.07) is 2.04. The van der Waals surface area contributed by atoms with Gasteiger partial charge in [0.15, 0.2) is 0 Å². The number of nitriles is 1. The van der Waals surface area contributed by atoms with Gasteiger partial charge in [0.2, 0.25) is 5.91 Å². The number of carbonyl (C=O) groups is 2. The Morgan fingerprint density at radius 3 is 2.32 bits per heavy atom. The van der Waals surface area contributed by atoms with Crippen molar-refractivity contribution >= 4 is 11.8 Å². The molecule has 22 heavy (non-hydrogen) atoms. The summed E-state index contributed by atoms with van der Waals surface area (Å²) < 4.78 is 0. The number of piperazine rings is 1. The Kier molecular flexibility index (Phi) is 5.42. The number of nitrogens with zero attached hydrogens (tertiary/aromatic N) is 4. The van der Waals surface area contributed by atoms with Crippen LogP contribution >= 0.6 is 0 Å². The fourth-order valence-electron chi connectivity index (χ4n) is 3.05. The Balaban J connectivity index is 1.97. The molecule has 0 aromatic rings. The predicted molar refractivity (Wildman–Crippen MR) is 82.5 cm³/mol. The highest BCUT2D eigenvalue weighted by Gasteiger charge is 2.25. The standard InChI is InChI=1S/C16H24N4O2/c1-13-4-3-5-18(11-13)12-15(10-17)16(22)20-8-6-19(7-9-20)14(2)21/h12-13H,3-9,11H2,1-2H3/b15-12-. The lowest BCUT2D eigenvalue weighted by atomic mass is 10.0. The van der Waals surface area contributed by atoms with Gasteiger partial charge < -0.3 is 14.7 Å². The Bertz CT molecular complexity index is 501. The van der Waals surface area contributed by atoms with Gasteiger partial charge in [-0.2, -0.15) is 5.26 Å². The van der Waals surface area contributed by atoms with Gasteiger partial charge in [-0.3, -0.25) is 9.59 Å². The summed E-state index contributed by atoms with van der Waals surface area (Å²) in [6.07, 6.45) is 4.02. The van der Waals surface area contributed by atoms with Crippen LogP contribution in [0.25, 0.3) is 0 Å². The summed E-state index contributed by atoms with van der Waals surface area (Å²) >= 11 is 0. The summed E-state index contributed by atoms with van der Waals surface area (Å²) in [6.45, 7) is 7.60. The molecule has 0 aromatic heterocycles. The molecule has 120 valence electrons. The van der Waals surface area contributed by atoms with E-state index in [1.807, 2.05) is 6.07 Å². The zero-order valence-electron chi connectivity index (χ0n) is 13.4. The highest BCUT2D eigenvalue weighted by atomic mass is 16.2. The molecule has 2 heterocycles. The smallest absolute Gasteiger partial charge is 0.266 e. The zero-order chi connectivity index (χ0) is 16.1. The van der Waals surface area contributed by atoms with Crippen molar-refractivity contribution in [3.63, 3.8) is 0 Å².